The van der Waals surface area contributed by atoms with Crippen molar-refractivity contribution in [2.24, 2.45) is 0 Å². The molecule has 0 radical (unpaired) electrons. The minimum absolute atomic E-state index is 0.0506. The van der Waals surface area contributed by atoms with Crippen molar-refractivity contribution in [3.8, 4) is 11.1 Å². The maximum Gasteiger partial charge on any atom is 0.338 e. The van der Waals surface area contributed by atoms with Crippen LogP contribution in [0.1, 0.15) is 20.7 Å². The summed E-state index contributed by atoms with van der Waals surface area (Å²) in [4.78, 5) is 22.7. The molecule has 0 atom stereocenters. The van der Waals surface area contributed by atoms with Crippen LogP contribution in [-0.2, 0) is 4.74 Å². The molecule has 4 nitrogen and oxygen atoms in total. The summed E-state index contributed by atoms with van der Waals surface area (Å²) in [7, 11) is 1.22. The lowest BCUT2D eigenvalue weighted by Crippen LogP contribution is -2.10. The van der Waals surface area contributed by atoms with Crippen LogP contribution >= 0.6 is 0 Å². The quantitative estimate of drug-likeness (QED) is 0.858. The highest BCUT2D eigenvalue weighted by Crippen LogP contribution is 2.23. The molecule has 2 aromatic carbocycles. The number of rotatable bonds is 3. The smallest absolute Gasteiger partial charge is 0.338 e. The van der Waals surface area contributed by atoms with E-state index in [4.69, 9.17) is 0 Å². The topological polar surface area (TPSA) is 63.6 Å². The van der Waals surface area contributed by atoms with Crippen molar-refractivity contribution in [2.75, 3.05) is 7.11 Å². The molecular formula is C15H12O4. The number of aromatic carboxylic acids is 1. The van der Waals surface area contributed by atoms with Crippen molar-refractivity contribution in [1.29, 1.82) is 0 Å². The van der Waals surface area contributed by atoms with E-state index < -0.39 is 11.9 Å². The van der Waals surface area contributed by atoms with Gasteiger partial charge in [0.1, 0.15) is 0 Å². The number of methoxy groups -OCH3 is 1. The normalized spacial score (nSPS) is 9.95. The fourth-order valence-corrected chi connectivity index (χ4v) is 1.82. The number of esters is 1. The van der Waals surface area contributed by atoms with Crippen molar-refractivity contribution in [3.63, 3.8) is 0 Å². The summed E-state index contributed by atoms with van der Waals surface area (Å²) in [5.74, 6) is -1.81. The van der Waals surface area contributed by atoms with Gasteiger partial charge in [0, 0.05) is 0 Å². The molecule has 0 unspecified atom stereocenters. The lowest BCUT2D eigenvalue weighted by atomic mass is 9.99. The number of hydrogen-bond acceptors (Lipinski definition) is 3. The third-order valence-corrected chi connectivity index (χ3v) is 2.76. The van der Waals surface area contributed by atoms with E-state index in [1.165, 1.54) is 19.2 Å². The average molecular weight is 256 g/mol. The van der Waals surface area contributed by atoms with Gasteiger partial charge in [-0.25, -0.2) is 9.59 Å². The van der Waals surface area contributed by atoms with E-state index in [0.717, 1.165) is 11.1 Å². The molecule has 0 bridgehead atoms. The second kappa shape index (κ2) is 5.35. The SMILES string of the molecule is COC(=O)c1ccc(-c2ccccc2)cc1C(=O)O. The second-order valence-electron chi connectivity index (χ2n) is 3.92. The first-order chi connectivity index (χ1) is 9.13. The molecule has 4 heteroatoms. The highest BCUT2D eigenvalue weighted by atomic mass is 16.5. The molecule has 0 aliphatic rings. The fraction of sp³-hybridized carbons (Fsp3) is 0.0667. The molecule has 0 spiro atoms. The number of carboxylic acids is 1. The van der Waals surface area contributed by atoms with Gasteiger partial charge in [0.15, 0.2) is 0 Å². The Morgan fingerprint density at radius 2 is 1.63 bits per heavy atom. The minimum atomic E-state index is -1.15. The molecule has 0 amide bonds. The molecule has 0 fully saturated rings. The highest BCUT2D eigenvalue weighted by molar-refractivity contribution is 6.03. The van der Waals surface area contributed by atoms with Gasteiger partial charge in [0.2, 0.25) is 0 Å². The Labute approximate surface area is 110 Å². The van der Waals surface area contributed by atoms with Gasteiger partial charge in [-0.15, -0.1) is 0 Å². The number of carbonyl (C=O) groups excluding carboxylic acids is 1. The second-order valence-corrected chi connectivity index (χ2v) is 3.92. The van der Waals surface area contributed by atoms with Gasteiger partial charge in [-0.1, -0.05) is 36.4 Å². The number of benzene rings is 2. The van der Waals surface area contributed by atoms with E-state index in [-0.39, 0.29) is 11.1 Å². The van der Waals surface area contributed by atoms with Crippen LogP contribution in [0.2, 0.25) is 0 Å². The van der Waals surface area contributed by atoms with Gasteiger partial charge in [0.05, 0.1) is 18.2 Å². The van der Waals surface area contributed by atoms with Crippen molar-refractivity contribution < 1.29 is 19.4 Å². The molecule has 2 rings (SSSR count). The molecule has 2 aromatic rings. The summed E-state index contributed by atoms with van der Waals surface area (Å²) in [6.07, 6.45) is 0. The van der Waals surface area contributed by atoms with E-state index in [9.17, 15) is 14.7 Å². The van der Waals surface area contributed by atoms with E-state index in [0.29, 0.717) is 0 Å². The summed E-state index contributed by atoms with van der Waals surface area (Å²) in [5.41, 5.74) is 1.62. The minimum Gasteiger partial charge on any atom is -0.478 e. The van der Waals surface area contributed by atoms with Gasteiger partial charge in [-0.3, -0.25) is 0 Å². The van der Waals surface area contributed by atoms with Crippen LogP contribution in [0.5, 0.6) is 0 Å². The first kappa shape index (κ1) is 12.8. The van der Waals surface area contributed by atoms with Crippen LogP contribution in [0.4, 0.5) is 0 Å². The largest absolute Gasteiger partial charge is 0.478 e. The first-order valence-corrected chi connectivity index (χ1v) is 5.64. The van der Waals surface area contributed by atoms with Crippen LogP contribution < -0.4 is 0 Å². The molecule has 0 heterocycles. The van der Waals surface area contributed by atoms with Gasteiger partial charge in [-0.05, 0) is 23.3 Å². The highest BCUT2D eigenvalue weighted by Gasteiger charge is 2.17. The summed E-state index contributed by atoms with van der Waals surface area (Å²) in [6, 6.07) is 14.0. The van der Waals surface area contributed by atoms with E-state index in [2.05, 4.69) is 4.74 Å². The molecule has 0 saturated heterocycles. The zero-order valence-corrected chi connectivity index (χ0v) is 10.3. The first-order valence-electron chi connectivity index (χ1n) is 5.64. The van der Waals surface area contributed by atoms with Crippen LogP contribution in [0.3, 0.4) is 0 Å². The van der Waals surface area contributed by atoms with Crippen molar-refractivity contribution in [1.82, 2.24) is 0 Å². The average Bonchev–Trinajstić information content (AvgIpc) is 2.46. The third kappa shape index (κ3) is 2.63. The predicted molar refractivity (Wildman–Crippen MR) is 70.2 cm³/mol. The summed E-state index contributed by atoms with van der Waals surface area (Å²) in [5, 5.41) is 9.17. The predicted octanol–water partition coefficient (Wildman–Crippen LogP) is 2.84. The lowest BCUT2D eigenvalue weighted by molar-refractivity contribution is 0.0583. The van der Waals surface area contributed by atoms with Crippen molar-refractivity contribution in [2.45, 2.75) is 0 Å². The lowest BCUT2D eigenvalue weighted by Gasteiger charge is -2.07. The van der Waals surface area contributed by atoms with Crippen molar-refractivity contribution in [3.05, 3.63) is 59.7 Å². The van der Waals surface area contributed by atoms with Crippen LogP contribution in [-0.4, -0.2) is 24.2 Å². The molecule has 0 aliphatic heterocycles. The van der Waals surface area contributed by atoms with Crippen molar-refractivity contribution >= 4 is 11.9 Å². The molecular weight excluding hydrogens is 244 g/mol. The number of hydrogen-bond donors (Lipinski definition) is 1. The fourth-order valence-electron chi connectivity index (χ4n) is 1.82. The van der Waals surface area contributed by atoms with Gasteiger partial charge < -0.3 is 9.84 Å². The maximum absolute atomic E-state index is 11.5. The van der Waals surface area contributed by atoms with Crippen LogP contribution in [0.15, 0.2) is 48.5 Å². The maximum atomic E-state index is 11.5. The number of carboxylic acid groups (broad SMARTS) is 1. The molecule has 1 N–H and O–H groups in total. The number of ether oxygens (including phenoxy) is 1. The number of carbonyl (C=O) groups is 2. The van der Waals surface area contributed by atoms with Gasteiger partial charge in [0.25, 0.3) is 0 Å². The zero-order valence-electron chi connectivity index (χ0n) is 10.3. The summed E-state index contributed by atoms with van der Waals surface area (Å²) in [6.45, 7) is 0. The Hall–Kier alpha value is -2.62. The Bertz CT molecular complexity index is 617. The van der Waals surface area contributed by atoms with E-state index in [1.54, 1.807) is 6.07 Å². The van der Waals surface area contributed by atoms with Crippen LogP contribution in [0.25, 0.3) is 11.1 Å². The van der Waals surface area contributed by atoms with E-state index in [1.807, 2.05) is 30.3 Å². The van der Waals surface area contributed by atoms with Gasteiger partial charge in [-0.2, -0.15) is 0 Å². The molecule has 19 heavy (non-hydrogen) atoms. The Morgan fingerprint density at radius 1 is 0.947 bits per heavy atom. The standard InChI is InChI=1S/C15H12O4/c1-19-15(18)12-8-7-11(9-13(12)14(16)17)10-5-3-2-4-6-10/h2-9H,1H3,(H,16,17). The summed E-state index contributed by atoms with van der Waals surface area (Å²) >= 11 is 0. The molecule has 0 saturated carbocycles. The third-order valence-electron chi connectivity index (χ3n) is 2.76. The van der Waals surface area contributed by atoms with E-state index >= 15 is 0 Å². The Balaban J connectivity index is 2.54. The summed E-state index contributed by atoms with van der Waals surface area (Å²) < 4.78 is 4.57. The zero-order chi connectivity index (χ0) is 13.8. The Morgan fingerprint density at radius 3 is 2.21 bits per heavy atom. The molecule has 0 aromatic heterocycles. The monoisotopic (exact) mass is 256 g/mol. The molecule has 96 valence electrons. The van der Waals surface area contributed by atoms with Gasteiger partial charge >= 0.3 is 11.9 Å². The Kier molecular flexibility index (Phi) is 3.61. The van der Waals surface area contributed by atoms with Crippen LogP contribution in [0, 0.1) is 0 Å². The molecule has 0 aliphatic carbocycles.